The van der Waals surface area contributed by atoms with E-state index < -0.39 is 0 Å². The van der Waals surface area contributed by atoms with E-state index in [2.05, 4.69) is 10.6 Å². The van der Waals surface area contributed by atoms with Crippen LogP contribution in [0.15, 0.2) is 0 Å². The summed E-state index contributed by atoms with van der Waals surface area (Å²) in [6, 6.07) is 0.112. The molecule has 0 aromatic rings. The number of morpholine rings is 1. The Morgan fingerprint density at radius 1 is 1.41 bits per heavy atom. The van der Waals surface area contributed by atoms with Gasteiger partial charge in [-0.15, -0.1) is 12.4 Å². The first-order valence-corrected chi connectivity index (χ1v) is 8.07. The number of carbonyl (C=O) groups is 2. The second kappa shape index (κ2) is 10.0. The lowest BCUT2D eigenvalue weighted by Crippen LogP contribution is -2.49. The summed E-state index contributed by atoms with van der Waals surface area (Å²) in [6.45, 7) is 6.20. The molecule has 2 saturated heterocycles. The zero-order valence-electron chi connectivity index (χ0n) is 13.3. The van der Waals surface area contributed by atoms with Gasteiger partial charge in [0.15, 0.2) is 0 Å². The molecule has 2 fully saturated rings. The van der Waals surface area contributed by atoms with Crippen LogP contribution in [0.1, 0.15) is 32.6 Å². The number of hydrogen-bond donors (Lipinski definition) is 2. The number of halogens is 1. The highest BCUT2D eigenvalue weighted by Gasteiger charge is 2.29. The van der Waals surface area contributed by atoms with Crippen molar-refractivity contribution in [1.82, 2.24) is 15.5 Å². The first-order chi connectivity index (χ1) is 10.2. The van der Waals surface area contributed by atoms with Crippen LogP contribution in [0.3, 0.4) is 0 Å². The number of carbonyl (C=O) groups excluding carboxylic acids is 2. The van der Waals surface area contributed by atoms with Crippen LogP contribution >= 0.6 is 12.4 Å². The van der Waals surface area contributed by atoms with Gasteiger partial charge in [-0.25, -0.2) is 0 Å². The maximum atomic E-state index is 12.3. The molecule has 0 bridgehead atoms. The van der Waals surface area contributed by atoms with E-state index in [1.807, 2.05) is 11.8 Å². The molecule has 0 radical (unpaired) electrons. The Balaban J connectivity index is 0.00000242. The molecule has 2 unspecified atom stereocenters. The van der Waals surface area contributed by atoms with Crippen LogP contribution in [0.4, 0.5) is 0 Å². The smallest absolute Gasteiger partial charge is 0.224 e. The molecule has 2 heterocycles. The summed E-state index contributed by atoms with van der Waals surface area (Å²) >= 11 is 0. The maximum Gasteiger partial charge on any atom is 0.224 e. The van der Waals surface area contributed by atoms with E-state index in [1.165, 1.54) is 0 Å². The molecule has 2 amide bonds. The average molecular weight is 334 g/mol. The van der Waals surface area contributed by atoms with Gasteiger partial charge in [0.25, 0.3) is 0 Å². The van der Waals surface area contributed by atoms with E-state index in [0.717, 1.165) is 32.4 Å². The number of nitrogens with zero attached hydrogens (tertiary/aromatic N) is 1. The monoisotopic (exact) mass is 333 g/mol. The van der Waals surface area contributed by atoms with Gasteiger partial charge < -0.3 is 20.3 Å². The van der Waals surface area contributed by atoms with Crippen molar-refractivity contribution in [2.45, 2.75) is 38.6 Å². The third kappa shape index (κ3) is 5.74. The number of ether oxygens (including phenoxy) is 1. The fraction of sp³-hybridized carbons (Fsp3) is 0.867. The van der Waals surface area contributed by atoms with E-state index in [9.17, 15) is 9.59 Å². The van der Waals surface area contributed by atoms with Gasteiger partial charge >= 0.3 is 0 Å². The third-order valence-corrected chi connectivity index (χ3v) is 4.11. The Kier molecular flexibility index (Phi) is 8.75. The Labute approximate surface area is 138 Å². The molecule has 0 saturated carbocycles. The Hall–Kier alpha value is -0.850. The van der Waals surface area contributed by atoms with E-state index in [4.69, 9.17) is 4.74 Å². The predicted octanol–water partition coefficient (Wildman–Crippen LogP) is 0.552. The van der Waals surface area contributed by atoms with Crippen LogP contribution in [0.2, 0.25) is 0 Å². The van der Waals surface area contributed by atoms with Crippen LogP contribution in [0.25, 0.3) is 0 Å². The molecule has 7 heteroatoms. The molecule has 22 heavy (non-hydrogen) atoms. The Morgan fingerprint density at radius 2 is 2.23 bits per heavy atom. The molecule has 2 rings (SSSR count). The minimum absolute atomic E-state index is 0. The van der Waals surface area contributed by atoms with E-state index >= 15 is 0 Å². The summed E-state index contributed by atoms with van der Waals surface area (Å²) in [7, 11) is 0. The summed E-state index contributed by atoms with van der Waals surface area (Å²) in [5.74, 6) is 0.171. The number of rotatable bonds is 5. The summed E-state index contributed by atoms with van der Waals surface area (Å²) in [4.78, 5) is 26.2. The highest BCUT2D eigenvalue weighted by atomic mass is 35.5. The van der Waals surface area contributed by atoms with Crippen molar-refractivity contribution in [3.63, 3.8) is 0 Å². The zero-order chi connectivity index (χ0) is 15.1. The average Bonchev–Trinajstić information content (AvgIpc) is 2.53. The molecule has 2 atom stereocenters. The Morgan fingerprint density at radius 3 is 2.91 bits per heavy atom. The van der Waals surface area contributed by atoms with Crippen molar-refractivity contribution in [3.8, 4) is 0 Å². The summed E-state index contributed by atoms with van der Waals surface area (Å²) in [5, 5.41) is 6.23. The van der Waals surface area contributed by atoms with Gasteiger partial charge in [-0.2, -0.15) is 0 Å². The molecular weight excluding hydrogens is 306 g/mol. The molecule has 128 valence electrons. The van der Waals surface area contributed by atoms with Gasteiger partial charge in [0, 0.05) is 38.6 Å². The molecule has 0 spiro atoms. The lowest BCUT2D eigenvalue weighted by atomic mass is 9.96. The van der Waals surface area contributed by atoms with Crippen LogP contribution in [-0.2, 0) is 14.3 Å². The molecule has 0 aromatic carbocycles. The van der Waals surface area contributed by atoms with Crippen molar-refractivity contribution in [1.29, 1.82) is 0 Å². The van der Waals surface area contributed by atoms with Crippen molar-refractivity contribution >= 4 is 24.2 Å². The van der Waals surface area contributed by atoms with E-state index in [0.29, 0.717) is 32.7 Å². The quantitative estimate of drug-likeness (QED) is 0.771. The van der Waals surface area contributed by atoms with E-state index in [1.54, 1.807) is 0 Å². The van der Waals surface area contributed by atoms with Gasteiger partial charge in [0.05, 0.1) is 19.1 Å². The molecule has 0 aliphatic carbocycles. The lowest BCUT2D eigenvalue weighted by Gasteiger charge is -2.33. The summed E-state index contributed by atoms with van der Waals surface area (Å²) < 4.78 is 5.38. The van der Waals surface area contributed by atoms with Crippen molar-refractivity contribution in [2.75, 3.05) is 39.4 Å². The van der Waals surface area contributed by atoms with Gasteiger partial charge in [0.2, 0.25) is 11.8 Å². The van der Waals surface area contributed by atoms with Gasteiger partial charge in [-0.05, 0) is 19.3 Å². The summed E-state index contributed by atoms with van der Waals surface area (Å²) in [5.41, 5.74) is 0. The minimum Gasteiger partial charge on any atom is -0.378 e. The van der Waals surface area contributed by atoms with Crippen LogP contribution in [0, 0.1) is 5.92 Å². The lowest BCUT2D eigenvalue weighted by molar-refractivity contribution is -0.136. The number of hydrogen-bond acceptors (Lipinski definition) is 4. The van der Waals surface area contributed by atoms with Gasteiger partial charge in [0.1, 0.15) is 0 Å². The molecule has 2 aliphatic heterocycles. The Bertz CT molecular complexity index is 362. The third-order valence-electron chi connectivity index (χ3n) is 4.11. The normalized spacial score (nSPS) is 25.2. The van der Waals surface area contributed by atoms with Crippen molar-refractivity contribution in [3.05, 3.63) is 0 Å². The summed E-state index contributed by atoms with van der Waals surface area (Å²) in [6.07, 6.45) is 3.19. The second-order valence-electron chi connectivity index (χ2n) is 5.90. The van der Waals surface area contributed by atoms with Gasteiger partial charge in [-0.3, -0.25) is 9.59 Å². The van der Waals surface area contributed by atoms with Crippen molar-refractivity contribution < 1.29 is 14.3 Å². The minimum atomic E-state index is -0.0511. The molecular formula is C15H28ClN3O3. The van der Waals surface area contributed by atoms with E-state index in [-0.39, 0.29) is 36.2 Å². The van der Waals surface area contributed by atoms with Crippen molar-refractivity contribution in [2.24, 2.45) is 5.92 Å². The largest absolute Gasteiger partial charge is 0.378 e. The molecule has 2 N–H and O–H groups in total. The standard InChI is InChI=1S/C15H27N3O3.ClH/c1-2-5-17-15(20)12-4-3-7-18(10-12)14(19)9-13-11-21-8-6-16-13;/h12-13,16H,2-11H2,1H3,(H,17,20);1H. The number of nitrogens with one attached hydrogen (secondary N) is 2. The zero-order valence-corrected chi connectivity index (χ0v) is 14.1. The fourth-order valence-electron chi connectivity index (χ4n) is 2.90. The van der Waals surface area contributed by atoms with Gasteiger partial charge in [-0.1, -0.05) is 6.92 Å². The number of amides is 2. The fourth-order valence-corrected chi connectivity index (χ4v) is 2.90. The van der Waals surface area contributed by atoms with Crippen LogP contribution in [0.5, 0.6) is 0 Å². The first-order valence-electron chi connectivity index (χ1n) is 8.07. The first kappa shape index (κ1) is 19.2. The topological polar surface area (TPSA) is 70.7 Å². The molecule has 2 aliphatic rings. The highest BCUT2D eigenvalue weighted by Crippen LogP contribution is 2.18. The second-order valence-corrected chi connectivity index (χ2v) is 5.90. The van der Waals surface area contributed by atoms with Crippen LogP contribution in [-0.4, -0.2) is 62.1 Å². The highest BCUT2D eigenvalue weighted by molar-refractivity contribution is 5.85. The maximum absolute atomic E-state index is 12.3. The number of piperidine rings is 1. The number of likely N-dealkylation sites (tertiary alicyclic amines) is 1. The SMILES string of the molecule is CCCNC(=O)C1CCCN(C(=O)CC2COCCN2)C1.Cl. The predicted molar refractivity (Wildman–Crippen MR) is 87.1 cm³/mol. The molecule has 0 aromatic heterocycles. The molecule has 6 nitrogen and oxygen atoms in total. The van der Waals surface area contributed by atoms with Crippen LogP contribution < -0.4 is 10.6 Å².